The molecule has 0 spiro atoms. The van der Waals surface area contributed by atoms with Crippen molar-refractivity contribution in [2.75, 3.05) is 59.7 Å². The van der Waals surface area contributed by atoms with Gasteiger partial charge in [-0.15, -0.1) is 0 Å². The van der Waals surface area contributed by atoms with E-state index in [9.17, 15) is 19.5 Å². The molecule has 4 rings (SSSR count). The highest BCUT2D eigenvalue weighted by Crippen LogP contribution is 2.47. The number of carbonyl (C=O) groups excluding carboxylic acids is 2. The number of piperidine rings is 1. The van der Waals surface area contributed by atoms with Gasteiger partial charge in [-0.2, -0.15) is 0 Å². The predicted molar refractivity (Wildman–Crippen MR) is 149 cm³/mol. The molecule has 0 radical (unpaired) electrons. The lowest BCUT2D eigenvalue weighted by atomic mass is 9.84. The molecule has 3 heterocycles. The molecule has 3 aliphatic rings. The van der Waals surface area contributed by atoms with E-state index in [0.717, 1.165) is 31.2 Å². The number of unbranched alkanes of at least 4 members (excludes halogenated alkanes) is 1. The first kappa shape index (κ1) is 29.9. The standard InChI is InChI=1S/C29H44N4O7/c1-3-4-11-31(13-7-10-30)26(35)18-33-17-21(20-15-23(38-2)28-24(16-20)39-19-40-28)27(29(36)37)22(33)9-14-32-12-6-5-8-25(32)34/h15-16,21-22,27H,3-14,17-19,30H2,1-2H3,(H,36,37)/t21-,22+,27-/m1/s1. The molecule has 0 aromatic heterocycles. The van der Waals surface area contributed by atoms with E-state index < -0.39 is 23.8 Å². The van der Waals surface area contributed by atoms with Crippen LogP contribution in [0.1, 0.15) is 63.4 Å². The molecule has 0 saturated carbocycles. The monoisotopic (exact) mass is 560 g/mol. The van der Waals surface area contributed by atoms with E-state index in [-0.39, 0.29) is 25.2 Å². The van der Waals surface area contributed by atoms with Gasteiger partial charge < -0.3 is 34.9 Å². The number of carbonyl (C=O) groups is 3. The number of likely N-dealkylation sites (tertiary alicyclic amines) is 2. The number of benzene rings is 1. The molecule has 1 aromatic carbocycles. The predicted octanol–water partition coefficient (Wildman–Crippen LogP) is 2.27. The lowest BCUT2D eigenvalue weighted by Gasteiger charge is -2.32. The van der Waals surface area contributed by atoms with Crippen LogP contribution in [-0.2, 0) is 14.4 Å². The Morgan fingerprint density at radius 2 is 2.00 bits per heavy atom. The van der Waals surface area contributed by atoms with Crippen molar-refractivity contribution in [3.05, 3.63) is 17.7 Å². The minimum Gasteiger partial charge on any atom is -0.493 e. The van der Waals surface area contributed by atoms with Crippen molar-refractivity contribution >= 4 is 17.8 Å². The fraction of sp³-hybridized carbons (Fsp3) is 0.690. The zero-order valence-electron chi connectivity index (χ0n) is 23.8. The van der Waals surface area contributed by atoms with Gasteiger partial charge >= 0.3 is 5.97 Å². The highest BCUT2D eigenvalue weighted by atomic mass is 16.7. The Hall–Kier alpha value is -3.05. The molecule has 0 aliphatic carbocycles. The van der Waals surface area contributed by atoms with Crippen LogP contribution in [0.3, 0.4) is 0 Å². The second-order valence-corrected chi connectivity index (χ2v) is 10.9. The highest BCUT2D eigenvalue weighted by Gasteiger charge is 2.48. The largest absolute Gasteiger partial charge is 0.493 e. The minimum absolute atomic E-state index is 0.0194. The summed E-state index contributed by atoms with van der Waals surface area (Å²) in [7, 11) is 1.54. The first-order chi connectivity index (χ1) is 19.4. The van der Waals surface area contributed by atoms with Gasteiger partial charge in [0.25, 0.3) is 0 Å². The second kappa shape index (κ2) is 14.0. The topological polar surface area (TPSA) is 135 Å². The number of hydrogen-bond donors (Lipinski definition) is 2. The average Bonchev–Trinajstić information content (AvgIpc) is 3.57. The third-order valence-electron chi connectivity index (χ3n) is 8.36. The molecule has 2 fully saturated rings. The summed E-state index contributed by atoms with van der Waals surface area (Å²) in [5.41, 5.74) is 6.51. The maximum atomic E-state index is 13.6. The number of hydrogen-bond acceptors (Lipinski definition) is 8. The lowest BCUT2D eigenvalue weighted by Crippen LogP contribution is -2.46. The molecule has 222 valence electrons. The number of aliphatic carboxylic acids is 1. The van der Waals surface area contributed by atoms with Crippen molar-refractivity contribution in [1.82, 2.24) is 14.7 Å². The van der Waals surface area contributed by atoms with Gasteiger partial charge in [-0.3, -0.25) is 19.3 Å². The number of rotatable bonds is 14. The molecule has 0 bridgehead atoms. The van der Waals surface area contributed by atoms with Gasteiger partial charge in [-0.05, 0) is 56.3 Å². The van der Waals surface area contributed by atoms with Crippen LogP contribution < -0.4 is 19.9 Å². The Kier molecular flexibility index (Phi) is 10.5. The maximum Gasteiger partial charge on any atom is 0.308 e. The number of nitrogens with zero attached hydrogens (tertiary/aromatic N) is 3. The fourth-order valence-corrected chi connectivity index (χ4v) is 6.21. The second-order valence-electron chi connectivity index (χ2n) is 10.9. The van der Waals surface area contributed by atoms with Crippen molar-refractivity contribution in [1.29, 1.82) is 0 Å². The Bertz CT molecular complexity index is 1040. The molecule has 1 aromatic rings. The van der Waals surface area contributed by atoms with Crippen LogP contribution in [0, 0.1) is 5.92 Å². The van der Waals surface area contributed by atoms with Crippen molar-refractivity contribution in [3.63, 3.8) is 0 Å². The average molecular weight is 561 g/mol. The van der Waals surface area contributed by atoms with Crippen LogP contribution in [-0.4, -0.2) is 103 Å². The summed E-state index contributed by atoms with van der Waals surface area (Å²) in [5, 5.41) is 10.5. The van der Waals surface area contributed by atoms with Crippen molar-refractivity contribution < 1.29 is 33.7 Å². The highest BCUT2D eigenvalue weighted by molar-refractivity contribution is 5.79. The number of ether oxygens (including phenoxy) is 3. The summed E-state index contributed by atoms with van der Waals surface area (Å²) in [5.74, 6) is -0.470. The first-order valence-corrected chi connectivity index (χ1v) is 14.6. The van der Waals surface area contributed by atoms with Gasteiger partial charge in [0.15, 0.2) is 11.5 Å². The molecular formula is C29H44N4O7. The van der Waals surface area contributed by atoms with E-state index in [4.69, 9.17) is 19.9 Å². The SMILES string of the molecule is CCCCN(CCCN)C(=O)CN1C[C@H](c2cc(OC)c3c(c2)OCO3)[C@@H](C(=O)O)[C@@H]1CCN1CCCCC1=O. The smallest absolute Gasteiger partial charge is 0.308 e. The van der Waals surface area contributed by atoms with Crippen LogP contribution >= 0.6 is 0 Å². The first-order valence-electron chi connectivity index (χ1n) is 14.6. The molecular weight excluding hydrogens is 516 g/mol. The Morgan fingerprint density at radius 1 is 1.20 bits per heavy atom. The summed E-state index contributed by atoms with van der Waals surface area (Å²) in [6, 6.07) is 3.23. The number of amides is 2. The molecule has 40 heavy (non-hydrogen) atoms. The van der Waals surface area contributed by atoms with Gasteiger partial charge in [0.2, 0.25) is 24.4 Å². The maximum absolute atomic E-state index is 13.6. The summed E-state index contributed by atoms with van der Waals surface area (Å²) in [4.78, 5) is 44.6. The van der Waals surface area contributed by atoms with Crippen molar-refractivity contribution in [3.8, 4) is 17.2 Å². The van der Waals surface area contributed by atoms with Crippen LogP contribution in [0.15, 0.2) is 12.1 Å². The number of carboxylic acids is 1. The van der Waals surface area contributed by atoms with Crippen LogP contribution in [0.25, 0.3) is 0 Å². The van der Waals surface area contributed by atoms with Gasteiger partial charge in [0, 0.05) is 51.1 Å². The number of fused-ring (bicyclic) bond motifs is 1. The number of methoxy groups -OCH3 is 1. The minimum atomic E-state index is -0.919. The number of nitrogens with two attached hydrogens (primary N) is 1. The van der Waals surface area contributed by atoms with Crippen molar-refractivity contribution in [2.24, 2.45) is 11.7 Å². The Balaban J connectivity index is 1.62. The van der Waals surface area contributed by atoms with E-state index in [2.05, 4.69) is 6.92 Å². The molecule has 0 unspecified atom stereocenters. The van der Waals surface area contributed by atoms with Gasteiger partial charge in [-0.25, -0.2) is 0 Å². The van der Waals surface area contributed by atoms with Crippen LogP contribution in [0.4, 0.5) is 0 Å². The quantitative estimate of drug-likeness (QED) is 0.351. The van der Waals surface area contributed by atoms with E-state index in [1.807, 2.05) is 26.8 Å². The zero-order chi connectivity index (χ0) is 28.6. The summed E-state index contributed by atoms with van der Waals surface area (Å²) in [6.45, 7) is 5.58. The van der Waals surface area contributed by atoms with E-state index >= 15 is 0 Å². The lowest BCUT2D eigenvalue weighted by molar-refractivity contribution is -0.144. The zero-order valence-corrected chi connectivity index (χ0v) is 23.8. The third-order valence-corrected chi connectivity index (χ3v) is 8.36. The normalized spacial score (nSPS) is 22.5. The van der Waals surface area contributed by atoms with Crippen molar-refractivity contribution in [2.45, 2.75) is 63.8 Å². The molecule has 3 atom stereocenters. The van der Waals surface area contributed by atoms with Gasteiger partial charge in [-0.1, -0.05) is 13.3 Å². The van der Waals surface area contributed by atoms with E-state index in [1.165, 1.54) is 0 Å². The number of carboxylic acid groups (broad SMARTS) is 1. The molecule has 3 N–H and O–H groups in total. The molecule has 2 saturated heterocycles. The van der Waals surface area contributed by atoms with E-state index in [0.29, 0.717) is 75.8 Å². The molecule has 11 heteroatoms. The van der Waals surface area contributed by atoms with E-state index in [1.54, 1.807) is 7.11 Å². The van der Waals surface area contributed by atoms with Crippen LogP contribution in [0.5, 0.6) is 17.2 Å². The molecule has 11 nitrogen and oxygen atoms in total. The van der Waals surface area contributed by atoms with Gasteiger partial charge in [0.05, 0.1) is 19.6 Å². The summed E-state index contributed by atoms with van der Waals surface area (Å²) in [6.07, 6.45) is 5.43. The molecule has 3 aliphatic heterocycles. The summed E-state index contributed by atoms with van der Waals surface area (Å²) < 4.78 is 16.7. The molecule has 2 amide bonds. The Morgan fingerprint density at radius 3 is 2.70 bits per heavy atom. The fourth-order valence-electron chi connectivity index (χ4n) is 6.21. The third kappa shape index (κ3) is 6.80. The Labute approximate surface area is 236 Å². The van der Waals surface area contributed by atoms with Crippen LogP contribution in [0.2, 0.25) is 0 Å². The summed E-state index contributed by atoms with van der Waals surface area (Å²) >= 11 is 0. The van der Waals surface area contributed by atoms with Gasteiger partial charge in [0.1, 0.15) is 0 Å².